The smallest absolute Gasteiger partial charge is 0.250 e. The molecule has 2 aromatic rings. The van der Waals surface area contributed by atoms with Crippen molar-refractivity contribution in [3.8, 4) is 0 Å². The SMILES string of the molecule is CC(=O)N(CCNS(=O)(=O)c1cccs1)c1cc(Cl)ccc1Cl. The molecule has 0 fully saturated rings. The van der Waals surface area contributed by atoms with Crippen LogP contribution in [0.25, 0.3) is 0 Å². The zero-order valence-electron chi connectivity index (χ0n) is 12.1. The van der Waals surface area contributed by atoms with E-state index in [0.29, 0.717) is 15.7 Å². The van der Waals surface area contributed by atoms with E-state index in [0.717, 1.165) is 11.3 Å². The number of carbonyl (C=O) groups is 1. The first-order valence-electron chi connectivity index (χ1n) is 6.57. The van der Waals surface area contributed by atoms with E-state index in [4.69, 9.17) is 23.2 Å². The van der Waals surface area contributed by atoms with Crippen LogP contribution in [0.3, 0.4) is 0 Å². The third-order valence-corrected chi connectivity index (χ3v) is 6.38. The summed E-state index contributed by atoms with van der Waals surface area (Å²) in [7, 11) is -3.57. The van der Waals surface area contributed by atoms with Gasteiger partial charge in [0, 0.05) is 25.0 Å². The molecule has 0 saturated heterocycles. The molecule has 0 bridgehead atoms. The molecule has 0 atom stereocenters. The number of sulfonamides is 1. The molecule has 1 N–H and O–H groups in total. The maximum absolute atomic E-state index is 12.1. The van der Waals surface area contributed by atoms with Crippen LogP contribution >= 0.6 is 34.5 Å². The second-order valence-electron chi connectivity index (χ2n) is 4.60. The third kappa shape index (κ3) is 4.68. The van der Waals surface area contributed by atoms with Crippen LogP contribution in [0.2, 0.25) is 10.0 Å². The molecule has 9 heteroatoms. The molecule has 0 aliphatic carbocycles. The zero-order chi connectivity index (χ0) is 17.0. The van der Waals surface area contributed by atoms with Crippen molar-refractivity contribution in [3.05, 3.63) is 45.8 Å². The average Bonchev–Trinajstić information content (AvgIpc) is 3.01. The van der Waals surface area contributed by atoms with E-state index in [9.17, 15) is 13.2 Å². The predicted octanol–water partition coefficient (Wildman–Crippen LogP) is 3.39. The van der Waals surface area contributed by atoms with E-state index < -0.39 is 10.0 Å². The van der Waals surface area contributed by atoms with Crippen molar-refractivity contribution < 1.29 is 13.2 Å². The number of benzene rings is 1. The molecule has 0 saturated carbocycles. The molecule has 0 radical (unpaired) electrons. The van der Waals surface area contributed by atoms with Gasteiger partial charge in [-0.2, -0.15) is 0 Å². The summed E-state index contributed by atoms with van der Waals surface area (Å²) in [5.41, 5.74) is 0.446. The third-order valence-electron chi connectivity index (χ3n) is 2.97. The van der Waals surface area contributed by atoms with Gasteiger partial charge in [-0.05, 0) is 29.6 Å². The van der Waals surface area contributed by atoms with Crippen LogP contribution in [-0.2, 0) is 14.8 Å². The van der Waals surface area contributed by atoms with Crippen molar-refractivity contribution in [1.29, 1.82) is 0 Å². The van der Waals surface area contributed by atoms with Crippen molar-refractivity contribution in [2.75, 3.05) is 18.0 Å². The first-order valence-corrected chi connectivity index (χ1v) is 9.69. The highest BCUT2D eigenvalue weighted by Gasteiger charge is 2.18. The molecule has 2 rings (SSSR count). The summed E-state index contributed by atoms with van der Waals surface area (Å²) >= 11 is 13.2. The maximum Gasteiger partial charge on any atom is 0.250 e. The highest BCUT2D eigenvalue weighted by atomic mass is 35.5. The molecule has 1 aromatic carbocycles. The molecule has 0 spiro atoms. The topological polar surface area (TPSA) is 66.5 Å². The van der Waals surface area contributed by atoms with Crippen LogP contribution in [0, 0.1) is 0 Å². The number of nitrogens with one attached hydrogen (secondary N) is 1. The number of nitrogens with zero attached hydrogens (tertiary/aromatic N) is 1. The average molecular weight is 393 g/mol. The van der Waals surface area contributed by atoms with E-state index in [1.54, 1.807) is 29.6 Å². The molecule has 124 valence electrons. The highest BCUT2D eigenvalue weighted by Crippen LogP contribution is 2.29. The molecule has 23 heavy (non-hydrogen) atoms. The maximum atomic E-state index is 12.1. The Morgan fingerprint density at radius 3 is 2.65 bits per heavy atom. The van der Waals surface area contributed by atoms with Crippen LogP contribution in [-0.4, -0.2) is 27.4 Å². The Balaban J connectivity index is 2.10. The summed E-state index contributed by atoms with van der Waals surface area (Å²) in [6, 6.07) is 7.95. The van der Waals surface area contributed by atoms with Crippen LogP contribution in [0.1, 0.15) is 6.92 Å². The normalized spacial score (nSPS) is 11.4. The second-order valence-corrected chi connectivity index (χ2v) is 8.38. The number of amides is 1. The first-order chi connectivity index (χ1) is 10.8. The van der Waals surface area contributed by atoms with E-state index >= 15 is 0 Å². The minimum absolute atomic E-state index is 0.0582. The Bertz CT molecular complexity index is 792. The number of rotatable bonds is 6. The van der Waals surface area contributed by atoms with Crippen molar-refractivity contribution in [2.45, 2.75) is 11.1 Å². The van der Waals surface area contributed by atoms with Gasteiger partial charge < -0.3 is 4.90 Å². The van der Waals surface area contributed by atoms with Crippen LogP contribution < -0.4 is 9.62 Å². The monoisotopic (exact) mass is 392 g/mol. The molecule has 5 nitrogen and oxygen atoms in total. The van der Waals surface area contributed by atoms with Crippen LogP contribution in [0.4, 0.5) is 5.69 Å². The fourth-order valence-electron chi connectivity index (χ4n) is 1.92. The molecule has 0 unspecified atom stereocenters. The summed E-state index contributed by atoms with van der Waals surface area (Å²) < 4.78 is 26.8. The van der Waals surface area contributed by atoms with Crippen molar-refractivity contribution in [1.82, 2.24) is 4.72 Å². The summed E-state index contributed by atoms with van der Waals surface area (Å²) in [5.74, 6) is -0.260. The van der Waals surface area contributed by atoms with Gasteiger partial charge in [0.05, 0.1) is 10.7 Å². The lowest BCUT2D eigenvalue weighted by atomic mass is 10.2. The summed E-state index contributed by atoms with van der Waals surface area (Å²) in [6.45, 7) is 1.58. The highest BCUT2D eigenvalue weighted by molar-refractivity contribution is 7.91. The predicted molar refractivity (Wildman–Crippen MR) is 94.0 cm³/mol. The van der Waals surface area contributed by atoms with E-state index in [-0.39, 0.29) is 23.2 Å². The van der Waals surface area contributed by atoms with Gasteiger partial charge in [0.15, 0.2) is 0 Å². The number of carbonyl (C=O) groups excluding carboxylic acids is 1. The molecular formula is C14H14Cl2N2O3S2. The van der Waals surface area contributed by atoms with Gasteiger partial charge in [0.2, 0.25) is 15.9 Å². The van der Waals surface area contributed by atoms with Gasteiger partial charge in [-0.25, -0.2) is 13.1 Å². The van der Waals surface area contributed by atoms with Crippen LogP contribution in [0.15, 0.2) is 39.9 Å². The lowest BCUT2D eigenvalue weighted by Gasteiger charge is -2.22. The van der Waals surface area contributed by atoms with Crippen molar-refractivity contribution in [2.24, 2.45) is 0 Å². The summed E-state index contributed by atoms with van der Waals surface area (Å²) in [5, 5.41) is 2.49. The second kappa shape index (κ2) is 7.63. The molecule has 0 aliphatic rings. The van der Waals surface area contributed by atoms with E-state index in [1.165, 1.54) is 17.9 Å². The number of anilines is 1. The Labute approximate surface area is 148 Å². The lowest BCUT2D eigenvalue weighted by molar-refractivity contribution is -0.116. The largest absolute Gasteiger partial charge is 0.310 e. The van der Waals surface area contributed by atoms with Gasteiger partial charge in [-0.1, -0.05) is 29.3 Å². The summed E-state index contributed by atoms with van der Waals surface area (Å²) in [6.07, 6.45) is 0. The molecule has 1 heterocycles. The van der Waals surface area contributed by atoms with Gasteiger partial charge in [-0.15, -0.1) is 11.3 Å². The van der Waals surface area contributed by atoms with Gasteiger partial charge >= 0.3 is 0 Å². The first kappa shape index (κ1) is 18.2. The van der Waals surface area contributed by atoms with Crippen LogP contribution in [0.5, 0.6) is 0 Å². The Morgan fingerprint density at radius 2 is 2.04 bits per heavy atom. The van der Waals surface area contributed by atoms with Gasteiger partial charge in [-0.3, -0.25) is 4.79 Å². The number of hydrogen-bond acceptors (Lipinski definition) is 4. The Hall–Kier alpha value is -1.12. The standard InChI is InChI=1S/C14H14Cl2N2O3S2/c1-10(19)18(13-9-11(15)4-5-12(13)16)7-6-17-23(20,21)14-3-2-8-22-14/h2-5,8-9,17H,6-7H2,1H3. The van der Waals surface area contributed by atoms with Crippen molar-refractivity contribution >= 4 is 56.2 Å². The quantitative estimate of drug-likeness (QED) is 0.818. The number of halogens is 2. The Kier molecular flexibility index (Phi) is 6.05. The molecule has 1 amide bonds. The number of hydrogen-bond donors (Lipinski definition) is 1. The van der Waals surface area contributed by atoms with E-state index in [1.807, 2.05) is 0 Å². The van der Waals surface area contributed by atoms with Gasteiger partial charge in [0.25, 0.3) is 0 Å². The Morgan fingerprint density at radius 1 is 1.30 bits per heavy atom. The minimum atomic E-state index is -3.57. The molecule has 0 aliphatic heterocycles. The lowest BCUT2D eigenvalue weighted by Crippen LogP contribution is -2.37. The number of thiophene rings is 1. The molecule has 1 aromatic heterocycles. The van der Waals surface area contributed by atoms with E-state index in [2.05, 4.69) is 4.72 Å². The fraction of sp³-hybridized carbons (Fsp3) is 0.214. The zero-order valence-corrected chi connectivity index (χ0v) is 15.3. The minimum Gasteiger partial charge on any atom is -0.310 e. The summed E-state index contributed by atoms with van der Waals surface area (Å²) in [4.78, 5) is 13.2. The van der Waals surface area contributed by atoms with Gasteiger partial charge in [0.1, 0.15) is 4.21 Å². The van der Waals surface area contributed by atoms with Crippen molar-refractivity contribution in [3.63, 3.8) is 0 Å². The molecular weight excluding hydrogens is 379 g/mol. The fourth-order valence-corrected chi connectivity index (χ4v) is 4.36.